The number of halogens is 1. The topological polar surface area (TPSA) is 62.2 Å². The Kier molecular flexibility index (Phi) is 10.5. The van der Waals surface area contributed by atoms with Crippen LogP contribution in [0.4, 0.5) is 0 Å². The van der Waals surface area contributed by atoms with Gasteiger partial charge < -0.3 is 10.6 Å². The van der Waals surface area contributed by atoms with Crippen molar-refractivity contribution in [2.45, 2.75) is 47.0 Å². The summed E-state index contributed by atoms with van der Waals surface area (Å²) < 4.78 is 0. The maximum absolute atomic E-state index is 4.68. The minimum atomic E-state index is 0. The zero-order valence-electron chi connectivity index (χ0n) is 15.4. The molecule has 0 fully saturated rings. The minimum Gasteiger partial charge on any atom is -0.357 e. The lowest BCUT2D eigenvalue weighted by molar-refractivity contribution is 0.787. The summed E-state index contributed by atoms with van der Waals surface area (Å²) in [6.07, 6.45) is 2.82. The first-order valence-electron chi connectivity index (χ1n) is 8.50. The van der Waals surface area contributed by atoms with Crippen LogP contribution in [0.3, 0.4) is 0 Å². The van der Waals surface area contributed by atoms with Crippen LogP contribution in [0.1, 0.15) is 40.1 Å². The van der Waals surface area contributed by atoms with Crippen LogP contribution in [-0.4, -0.2) is 35.6 Å². The van der Waals surface area contributed by atoms with Gasteiger partial charge in [-0.05, 0) is 27.2 Å². The summed E-state index contributed by atoms with van der Waals surface area (Å²) >= 11 is 3.49. The smallest absolute Gasteiger partial charge is 0.191 e. The fraction of sp³-hybridized carbons (Fsp3) is 0.588. The van der Waals surface area contributed by atoms with E-state index in [4.69, 9.17) is 0 Å². The number of rotatable bonds is 8. The fourth-order valence-corrected chi connectivity index (χ4v) is 4.02. The maximum Gasteiger partial charge on any atom is 0.191 e. The first-order valence-corrected chi connectivity index (χ1v) is 10.2. The van der Waals surface area contributed by atoms with E-state index in [2.05, 4.69) is 51.7 Å². The van der Waals surface area contributed by atoms with Crippen LogP contribution >= 0.6 is 46.7 Å². The molecule has 0 bridgehead atoms. The fourth-order valence-electron chi connectivity index (χ4n) is 2.36. The summed E-state index contributed by atoms with van der Waals surface area (Å²) in [5.41, 5.74) is 2.37. The van der Waals surface area contributed by atoms with Crippen molar-refractivity contribution in [2.24, 2.45) is 4.99 Å². The number of hydrogen-bond acceptors (Lipinski definition) is 5. The molecule has 5 nitrogen and oxygen atoms in total. The Morgan fingerprint density at radius 3 is 2.56 bits per heavy atom. The van der Waals surface area contributed by atoms with Gasteiger partial charge in [-0.15, -0.1) is 46.7 Å². The SMILES string of the molecule is CCNC(=NCCc1nc(CC)c(C)s1)NCCc1csc(C)n1.I. The third kappa shape index (κ3) is 7.57. The van der Waals surface area contributed by atoms with Crippen LogP contribution in [-0.2, 0) is 19.3 Å². The minimum absolute atomic E-state index is 0. The number of nitrogens with zero attached hydrogens (tertiary/aromatic N) is 3. The van der Waals surface area contributed by atoms with Gasteiger partial charge in [0.05, 0.1) is 21.4 Å². The van der Waals surface area contributed by atoms with Crippen molar-refractivity contribution < 1.29 is 0 Å². The summed E-state index contributed by atoms with van der Waals surface area (Å²) in [6.45, 7) is 10.9. The highest BCUT2D eigenvalue weighted by Gasteiger charge is 2.06. The van der Waals surface area contributed by atoms with E-state index in [1.807, 2.05) is 6.92 Å². The second kappa shape index (κ2) is 11.8. The number of guanidine groups is 1. The van der Waals surface area contributed by atoms with Crippen LogP contribution in [0.25, 0.3) is 0 Å². The average molecular weight is 493 g/mol. The predicted molar refractivity (Wildman–Crippen MR) is 120 cm³/mol. The Hall–Kier alpha value is -0.740. The third-order valence-electron chi connectivity index (χ3n) is 3.55. The lowest BCUT2D eigenvalue weighted by Gasteiger charge is -2.10. The second-order valence-corrected chi connectivity index (χ2v) is 7.86. The van der Waals surface area contributed by atoms with Crippen molar-refractivity contribution in [3.63, 3.8) is 0 Å². The average Bonchev–Trinajstić information content (AvgIpc) is 3.12. The van der Waals surface area contributed by atoms with Gasteiger partial charge in [0.2, 0.25) is 0 Å². The summed E-state index contributed by atoms with van der Waals surface area (Å²) in [5.74, 6) is 0.869. The molecule has 0 aliphatic carbocycles. The van der Waals surface area contributed by atoms with E-state index in [9.17, 15) is 0 Å². The molecule has 2 N–H and O–H groups in total. The van der Waals surface area contributed by atoms with E-state index in [-0.39, 0.29) is 24.0 Å². The molecule has 2 rings (SSSR count). The van der Waals surface area contributed by atoms with Gasteiger partial charge in [-0.2, -0.15) is 0 Å². The van der Waals surface area contributed by atoms with Crippen molar-refractivity contribution in [2.75, 3.05) is 19.6 Å². The Labute approximate surface area is 175 Å². The number of nitrogens with one attached hydrogen (secondary N) is 2. The lowest BCUT2D eigenvalue weighted by Crippen LogP contribution is -2.38. The first-order chi connectivity index (χ1) is 11.6. The number of aliphatic imine (C=N–C) groups is 1. The van der Waals surface area contributed by atoms with Gasteiger partial charge in [0, 0.05) is 42.7 Å². The highest BCUT2D eigenvalue weighted by atomic mass is 127. The second-order valence-electron chi connectivity index (χ2n) is 5.51. The normalized spacial score (nSPS) is 11.3. The number of thiazole rings is 2. The zero-order valence-corrected chi connectivity index (χ0v) is 19.3. The molecule has 0 spiro atoms. The standard InChI is InChI=1S/C17H27N5S2.HI/c1-5-15-12(3)24-16(22-15)8-10-20-17(18-6-2)19-9-7-14-11-23-13(4)21-14;/h11H,5-10H2,1-4H3,(H2,18,19,20);1H. The van der Waals surface area contributed by atoms with Gasteiger partial charge in [0.25, 0.3) is 0 Å². The van der Waals surface area contributed by atoms with Crippen molar-refractivity contribution in [3.05, 3.63) is 31.7 Å². The maximum atomic E-state index is 4.68. The van der Waals surface area contributed by atoms with Crippen molar-refractivity contribution >= 4 is 52.6 Å². The Balaban J connectivity index is 0.00000312. The van der Waals surface area contributed by atoms with E-state index in [1.165, 1.54) is 15.6 Å². The van der Waals surface area contributed by atoms with E-state index in [0.29, 0.717) is 0 Å². The molecule has 8 heteroatoms. The van der Waals surface area contributed by atoms with Crippen molar-refractivity contribution in [1.29, 1.82) is 0 Å². The van der Waals surface area contributed by atoms with E-state index in [1.54, 1.807) is 22.7 Å². The Morgan fingerprint density at radius 1 is 1.16 bits per heavy atom. The first kappa shape index (κ1) is 22.3. The summed E-state index contributed by atoms with van der Waals surface area (Å²) in [5, 5.41) is 11.1. The molecule has 0 unspecified atom stereocenters. The summed E-state index contributed by atoms with van der Waals surface area (Å²) in [6, 6.07) is 0. The molecule has 0 atom stereocenters. The molecule has 0 aliphatic rings. The lowest BCUT2D eigenvalue weighted by atomic mass is 10.3. The molecule has 0 saturated carbocycles. The molecule has 0 amide bonds. The molecule has 2 aromatic heterocycles. The van der Waals surface area contributed by atoms with Gasteiger partial charge in [-0.25, -0.2) is 9.97 Å². The Morgan fingerprint density at radius 2 is 1.96 bits per heavy atom. The van der Waals surface area contributed by atoms with Gasteiger partial charge in [0.15, 0.2) is 5.96 Å². The largest absolute Gasteiger partial charge is 0.357 e. The van der Waals surface area contributed by atoms with Crippen LogP contribution in [0.5, 0.6) is 0 Å². The highest BCUT2D eigenvalue weighted by Crippen LogP contribution is 2.18. The number of hydrogen-bond donors (Lipinski definition) is 2. The Bertz CT molecular complexity index is 666. The molecule has 0 aliphatic heterocycles. The quantitative estimate of drug-likeness (QED) is 0.334. The molecular weight excluding hydrogens is 465 g/mol. The van der Waals surface area contributed by atoms with E-state index >= 15 is 0 Å². The molecule has 25 heavy (non-hydrogen) atoms. The molecule has 2 heterocycles. The summed E-state index contributed by atoms with van der Waals surface area (Å²) in [4.78, 5) is 15.1. The molecule has 0 saturated heterocycles. The van der Waals surface area contributed by atoms with Crippen molar-refractivity contribution in [1.82, 2.24) is 20.6 Å². The molecule has 0 radical (unpaired) electrons. The van der Waals surface area contributed by atoms with Crippen LogP contribution in [0.2, 0.25) is 0 Å². The zero-order chi connectivity index (χ0) is 17.4. The van der Waals surface area contributed by atoms with Gasteiger partial charge in [0.1, 0.15) is 0 Å². The van der Waals surface area contributed by atoms with Crippen LogP contribution < -0.4 is 10.6 Å². The molecular formula is C17H28IN5S2. The van der Waals surface area contributed by atoms with Crippen molar-refractivity contribution in [3.8, 4) is 0 Å². The van der Waals surface area contributed by atoms with E-state index in [0.717, 1.165) is 55.6 Å². The van der Waals surface area contributed by atoms with Gasteiger partial charge in [-0.1, -0.05) is 6.92 Å². The molecule has 2 aromatic rings. The van der Waals surface area contributed by atoms with Gasteiger partial charge >= 0.3 is 0 Å². The number of aryl methyl sites for hydroxylation is 3. The highest BCUT2D eigenvalue weighted by molar-refractivity contribution is 14.0. The number of aromatic nitrogens is 2. The van der Waals surface area contributed by atoms with E-state index < -0.39 is 0 Å². The predicted octanol–water partition coefficient (Wildman–Crippen LogP) is 3.74. The molecule has 140 valence electrons. The van der Waals surface area contributed by atoms with Crippen LogP contribution in [0.15, 0.2) is 10.4 Å². The summed E-state index contributed by atoms with van der Waals surface area (Å²) in [7, 11) is 0. The van der Waals surface area contributed by atoms with Crippen LogP contribution in [0, 0.1) is 13.8 Å². The molecule has 0 aromatic carbocycles. The monoisotopic (exact) mass is 493 g/mol. The third-order valence-corrected chi connectivity index (χ3v) is 5.45. The van der Waals surface area contributed by atoms with Gasteiger partial charge in [-0.3, -0.25) is 4.99 Å².